The van der Waals surface area contributed by atoms with Gasteiger partial charge >= 0.3 is 6.16 Å². The first-order valence-corrected chi connectivity index (χ1v) is 8.38. The van der Waals surface area contributed by atoms with Crippen LogP contribution in [0.15, 0.2) is 48.5 Å². The smallest absolute Gasteiger partial charge is 0.433 e. The quantitative estimate of drug-likeness (QED) is 0.621. The first-order chi connectivity index (χ1) is 13.0. The normalized spacial score (nSPS) is 14.2. The van der Waals surface area contributed by atoms with E-state index in [-0.39, 0.29) is 12.5 Å². The zero-order chi connectivity index (χ0) is 19.4. The minimum absolute atomic E-state index is 0.0833. The Bertz CT molecular complexity index is 860. The number of amides is 1. The van der Waals surface area contributed by atoms with Gasteiger partial charge in [-0.25, -0.2) is 4.79 Å². The molecule has 7 nitrogen and oxygen atoms in total. The lowest BCUT2D eigenvalue weighted by Crippen LogP contribution is -2.41. The highest BCUT2D eigenvalue weighted by Crippen LogP contribution is 2.44. The maximum Gasteiger partial charge on any atom is 0.508 e. The molecule has 0 heterocycles. The molecule has 3 rings (SSSR count). The molecule has 1 aliphatic rings. The van der Waals surface area contributed by atoms with Gasteiger partial charge in [-0.05, 0) is 29.2 Å². The third kappa shape index (κ3) is 3.70. The van der Waals surface area contributed by atoms with Gasteiger partial charge in [-0.15, -0.1) is 0 Å². The van der Waals surface area contributed by atoms with Crippen LogP contribution in [-0.4, -0.2) is 30.9 Å². The van der Waals surface area contributed by atoms with Crippen LogP contribution in [0.4, 0.5) is 4.79 Å². The third-order valence-corrected chi connectivity index (χ3v) is 4.50. The molecule has 0 saturated heterocycles. The Kier molecular flexibility index (Phi) is 5.27. The Morgan fingerprint density at radius 1 is 1.11 bits per heavy atom. The number of carbonyl (C=O) groups is 2. The largest absolute Gasteiger partial charge is 0.508 e. The summed E-state index contributed by atoms with van der Waals surface area (Å²) in [5.74, 6) is -1.02. The van der Waals surface area contributed by atoms with E-state index in [9.17, 15) is 9.59 Å². The molecular formula is C20H18N2O5. The number of ether oxygens (including phenoxy) is 3. The second-order valence-corrected chi connectivity index (χ2v) is 6.14. The van der Waals surface area contributed by atoms with Gasteiger partial charge in [0.05, 0.1) is 0 Å². The van der Waals surface area contributed by atoms with Gasteiger partial charge in [0.25, 0.3) is 12.2 Å². The fourth-order valence-electron chi connectivity index (χ4n) is 3.28. The van der Waals surface area contributed by atoms with Crippen molar-refractivity contribution in [1.82, 2.24) is 0 Å². The average Bonchev–Trinajstić information content (AvgIpc) is 2.98. The Balaban J connectivity index is 1.67. The molecule has 2 aromatic rings. The van der Waals surface area contributed by atoms with Crippen LogP contribution in [0.5, 0.6) is 0 Å². The molecular weight excluding hydrogens is 348 g/mol. The van der Waals surface area contributed by atoms with Crippen LogP contribution in [0.1, 0.15) is 24.0 Å². The molecule has 0 radical (unpaired) electrons. The van der Waals surface area contributed by atoms with E-state index in [1.54, 1.807) is 0 Å². The zero-order valence-corrected chi connectivity index (χ0v) is 14.6. The highest BCUT2D eigenvalue weighted by Gasteiger charge is 2.31. The van der Waals surface area contributed by atoms with E-state index in [0.717, 1.165) is 22.3 Å². The predicted molar refractivity (Wildman–Crippen MR) is 95.3 cm³/mol. The van der Waals surface area contributed by atoms with E-state index < -0.39 is 24.3 Å². The van der Waals surface area contributed by atoms with Gasteiger partial charge in [-0.3, -0.25) is 4.79 Å². The molecule has 1 amide bonds. The Morgan fingerprint density at radius 3 is 2.19 bits per heavy atom. The van der Waals surface area contributed by atoms with Crippen LogP contribution in [-0.2, 0) is 19.0 Å². The van der Waals surface area contributed by atoms with E-state index in [1.165, 1.54) is 13.2 Å². The lowest BCUT2D eigenvalue weighted by atomic mass is 9.98. The fraction of sp³-hybridized carbons (Fsp3) is 0.250. The van der Waals surface area contributed by atoms with E-state index in [1.807, 2.05) is 48.5 Å². The first-order valence-electron chi connectivity index (χ1n) is 8.38. The highest BCUT2D eigenvalue weighted by atomic mass is 16.7. The number of nitriles is 1. The first kappa shape index (κ1) is 18.3. The number of hydrogen-bond donors (Lipinski definition) is 1. The van der Waals surface area contributed by atoms with Gasteiger partial charge in [-0.1, -0.05) is 48.5 Å². The van der Waals surface area contributed by atoms with Crippen molar-refractivity contribution < 1.29 is 23.8 Å². The number of fused-ring (bicyclic) bond motifs is 3. The molecule has 138 valence electrons. The molecule has 0 spiro atoms. The molecule has 0 saturated carbocycles. The number of benzene rings is 2. The molecule has 1 unspecified atom stereocenters. The summed E-state index contributed by atoms with van der Waals surface area (Å²) in [6.07, 6.45) is -2.01. The van der Waals surface area contributed by atoms with Crippen LogP contribution >= 0.6 is 0 Å². The topological polar surface area (TPSA) is 112 Å². The van der Waals surface area contributed by atoms with Crippen LogP contribution in [0.2, 0.25) is 0 Å². The number of rotatable bonds is 6. The van der Waals surface area contributed by atoms with Crippen molar-refractivity contribution in [2.75, 3.05) is 6.61 Å². The van der Waals surface area contributed by atoms with Crippen LogP contribution in [0.3, 0.4) is 0 Å². The van der Waals surface area contributed by atoms with Gasteiger partial charge in [0.2, 0.25) is 6.10 Å². The van der Waals surface area contributed by atoms with Crippen LogP contribution < -0.4 is 5.73 Å². The van der Waals surface area contributed by atoms with E-state index in [2.05, 4.69) is 4.74 Å². The summed E-state index contributed by atoms with van der Waals surface area (Å²) in [7, 11) is 0. The molecule has 0 aliphatic heterocycles. The molecule has 2 N–H and O–H groups in total. The minimum Gasteiger partial charge on any atom is -0.433 e. The maximum atomic E-state index is 12.0. The SMILES string of the molecule is CC(OC(=O)OCC1c2ccccc2-c2ccccc21)[C@H](OC#N)C(N)=O. The van der Waals surface area contributed by atoms with Crippen molar-refractivity contribution in [3.63, 3.8) is 0 Å². The molecule has 2 aromatic carbocycles. The van der Waals surface area contributed by atoms with Crippen molar-refractivity contribution in [1.29, 1.82) is 5.26 Å². The second-order valence-electron chi connectivity index (χ2n) is 6.14. The maximum absolute atomic E-state index is 12.0. The summed E-state index contributed by atoms with van der Waals surface area (Å²) < 4.78 is 14.8. The molecule has 7 heteroatoms. The number of nitrogens with two attached hydrogens (primary N) is 1. The predicted octanol–water partition coefficient (Wildman–Crippen LogP) is 2.69. The number of carbonyl (C=O) groups excluding carboxylic acids is 2. The molecule has 2 atom stereocenters. The van der Waals surface area contributed by atoms with Crippen molar-refractivity contribution in [2.24, 2.45) is 5.73 Å². The molecule has 27 heavy (non-hydrogen) atoms. The fourth-order valence-corrected chi connectivity index (χ4v) is 3.28. The highest BCUT2D eigenvalue weighted by molar-refractivity contribution is 5.80. The van der Waals surface area contributed by atoms with Gasteiger partial charge in [0.1, 0.15) is 12.7 Å². The number of nitrogens with zero attached hydrogens (tertiary/aromatic N) is 1. The Hall–Kier alpha value is -3.53. The summed E-state index contributed by atoms with van der Waals surface area (Å²) in [5.41, 5.74) is 9.50. The van der Waals surface area contributed by atoms with Crippen molar-refractivity contribution in [3.05, 3.63) is 59.7 Å². The van der Waals surface area contributed by atoms with E-state index in [0.29, 0.717) is 0 Å². The Morgan fingerprint density at radius 2 is 1.67 bits per heavy atom. The van der Waals surface area contributed by atoms with Gasteiger partial charge in [0.15, 0.2) is 0 Å². The van der Waals surface area contributed by atoms with Gasteiger partial charge in [-0.2, -0.15) is 5.26 Å². The summed E-state index contributed by atoms with van der Waals surface area (Å²) >= 11 is 0. The minimum atomic E-state index is -1.37. The Labute approximate surface area is 156 Å². The number of primary amides is 1. The van der Waals surface area contributed by atoms with Crippen molar-refractivity contribution >= 4 is 12.1 Å². The lowest BCUT2D eigenvalue weighted by Gasteiger charge is -2.19. The van der Waals surface area contributed by atoms with Crippen molar-refractivity contribution in [2.45, 2.75) is 25.0 Å². The molecule has 0 fully saturated rings. The summed E-state index contributed by atoms with van der Waals surface area (Å²) in [6, 6.07) is 15.9. The third-order valence-electron chi connectivity index (χ3n) is 4.50. The van der Waals surface area contributed by atoms with E-state index in [4.69, 9.17) is 20.5 Å². The number of hydrogen-bond acceptors (Lipinski definition) is 6. The van der Waals surface area contributed by atoms with E-state index >= 15 is 0 Å². The zero-order valence-electron chi connectivity index (χ0n) is 14.6. The van der Waals surface area contributed by atoms with Crippen LogP contribution in [0, 0.1) is 11.5 Å². The summed E-state index contributed by atoms with van der Waals surface area (Å²) in [4.78, 5) is 23.3. The molecule has 0 aromatic heterocycles. The van der Waals surface area contributed by atoms with Crippen molar-refractivity contribution in [3.8, 4) is 17.4 Å². The second kappa shape index (κ2) is 7.79. The molecule has 0 bridgehead atoms. The summed E-state index contributed by atoms with van der Waals surface area (Å²) in [6.45, 7) is 1.48. The standard InChI is InChI=1S/C20H18N2O5/c1-12(18(19(22)23)26-11-21)27-20(24)25-10-17-15-8-4-2-6-13(15)14-7-3-5-9-16(14)17/h2-9,12,17-18H,10H2,1H3,(H2,22,23)/t12?,18-/m0/s1. The van der Waals surface area contributed by atoms with Gasteiger partial charge < -0.3 is 19.9 Å². The molecule has 1 aliphatic carbocycles. The average molecular weight is 366 g/mol. The lowest BCUT2D eigenvalue weighted by molar-refractivity contribution is -0.131. The van der Waals surface area contributed by atoms with Crippen LogP contribution in [0.25, 0.3) is 11.1 Å². The monoisotopic (exact) mass is 366 g/mol. The summed E-state index contributed by atoms with van der Waals surface area (Å²) in [5, 5.41) is 8.55. The van der Waals surface area contributed by atoms with Gasteiger partial charge in [0, 0.05) is 5.92 Å².